The van der Waals surface area contributed by atoms with Crippen molar-refractivity contribution in [1.82, 2.24) is 10.2 Å². The highest BCUT2D eigenvalue weighted by atomic mass is 32.1. The van der Waals surface area contributed by atoms with Crippen molar-refractivity contribution in [2.24, 2.45) is 0 Å². The quantitative estimate of drug-likeness (QED) is 0.615. The minimum atomic E-state index is -1.01. The van der Waals surface area contributed by atoms with Crippen LogP contribution in [0.2, 0.25) is 0 Å². The third kappa shape index (κ3) is 1.88. The van der Waals surface area contributed by atoms with E-state index in [0.717, 1.165) is 0 Å². The maximum Gasteiger partial charge on any atom is 0.354 e. The van der Waals surface area contributed by atoms with Crippen LogP contribution in [0.3, 0.4) is 0 Å². The number of H-pyrrole nitrogens is 1. The third-order valence-electron chi connectivity index (χ3n) is 1.29. The molecule has 0 aromatic carbocycles. The van der Waals surface area contributed by atoms with E-state index >= 15 is 0 Å². The van der Waals surface area contributed by atoms with E-state index < -0.39 is 5.97 Å². The van der Waals surface area contributed by atoms with Gasteiger partial charge in [0, 0.05) is 11.3 Å². The van der Waals surface area contributed by atoms with Gasteiger partial charge in [-0.05, 0) is 0 Å². The molecule has 0 aliphatic carbocycles. The number of nitrogens with zero attached hydrogens (tertiary/aromatic N) is 1. The molecule has 0 unspecified atom stereocenters. The summed E-state index contributed by atoms with van der Waals surface area (Å²) in [5.41, 5.74) is 0.671. The van der Waals surface area contributed by atoms with Crippen molar-refractivity contribution in [1.29, 1.82) is 0 Å². The van der Waals surface area contributed by atoms with Crippen LogP contribution in [0.5, 0.6) is 0 Å². The highest BCUT2D eigenvalue weighted by molar-refractivity contribution is 7.80. The van der Waals surface area contributed by atoms with Gasteiger partial charge in [-0.25, -0.2) is 4.79 Å². The molecular weight excluding hydrogens is 176 g/mol. The third-order valence-corrected chi connectivity index (χ3v) is 1.50. The van der Waals surface area contributed by atoms with Gasteiger partial charge in [0.15, 0.2) is 5.69 Å². The molecule has 0 saturated heterocycles. The van der Waals surface area contributed by atoms with Gasteiger partial charge in [0.1, 0.15) is 0 Å². The summed E-state index contributed by atoms with van der Waals surface area (Å²) in [4.78, 5) is 10.5. The Bertz CT molecular complexity index is 306. The minimum absolute atomic E-state index is 0.105. The standard InChI is InChI=1S/C7H8N2O2S/c10-7(11)6-5(2-1-3-12)4-8-9-6/h1-2,4,12H,3H2,(H,8,9)(H,10,11). The summed E-state index contributed by atoms with van der Waals surface area (Å²) in [6.45, 7) is 0. The molecule has 0 spiro atoms. The van der Waals surface area contributed by atoms with Crippen LogP contribution < -0.4 is 0 Å². The zero-order chi connectivity index (χ0) is 8.97. The first-order valence-electron chi connectivity index (χ1n) is 3.29. The molecule has 0 aliphatic rings. The zero-order valence-corrected chi connectivity index (χ0v) is 7.08. The van der Waals surface area contributed by atoms with Crippen LogP contribution in [0.15, 0.2) is 12.3 Å². The summed E-state index contributed by atoms with van der Waals surface area (Å²) in [6, 6.07) is 0. The Morgan fingerprint density at radius 2 is 2.58 bits per heavy atom. The predicted octanol–water partition coefficient (Wildman–Crippen LogP) is 1.05. The molecule has 1 aromatic heterocycles. The minimum Gasteiger partial charge on any atom is -0.477 e. The number of carboxylic acids is 1. The lowest BCUT2D eigenvalue weighted by molar-refractivity contribution is 0.0690. The van der Waals surface area contributed by atoms with E-state index in [1.54, 1.807) is 12.2 Å². The Labute approximate surface area is 74.7 Å². The summed E-state index contributed by atoms with van der Waals surface area (Å²) >= 11 is 3.95. The van der Waals surface area contributed by atoms with Crippen LogP contribution >= 0.6 is 12.6 Å². The molecule has 0 fully saturated rings. The smallest absolute Gasteiger partial charge is 0.354 e. The maximum absolute atomic E-state index is 10.5. The van der Waals surface area contributed by atoms with Gasteiger partial charge in [0.05, 0.1) is 6.20 Å². The largest absolute Gasteiger partial charge is 0.477 e. The first kappa shape index (κ1) is 8.86. The lowest BCUT2D eigenvalue weighted by atomic mass is 10.2. The van der Waals surface area contributed by atoms with Gasteiger partial charge in [-0.15, -0.1) is 0 Å². The summed E-state index contributed by atoms with van der Waals surface area (Å²) in [5, 5.41) is 14.6. The molecule has 2 N–H and O–H groups in total. The van der Waals surface area contributed by atoms with Gasteiger partial charge in [0.2, 0.25) is 0 Å². The molecule has 0 atom stereocenters. The van der Waals surface area contributed by atoms with E-state index in [9.17, 15) is 4.79 Å². The SMILES string of the molecule is O=C(O)c1[nH]ncc1C=CCS. The Balaban J connectivity index is 2.91. The van der Waals surface area contributed by atoms with Crippen molar-refractivity contribution in [2.45, 2.75) is 0 Å². The van der Waals surface area contributed by atoms with E-state index in [4.69, 9.17) is 5.11 Å². The van der Waals surface area contributed by atoms with Crippen molar-refractivity contribution < 1.29 is 9.90 Å². The number of thiol groups is 1. The molecule has 0 saturated carbocycles. The van der Waals surface area contributed by atoms with Crippen molar-refractivity contribution in [2.75, 3.05) is 5.75 Å². The van der Waals surface area contributed by atoms with Gasteiger partial charge in [-0.2, -0.15) is 17.7 Å². The average Bonchev–Trinajstić information content (AvgIpc) is 2.48. The van der Waals surface area contributed by atoms with Gasteiger partial charge >= 0.3 is 5.97 Å². The summed E-state index contributed by atoms with van der Waals surface area (Å²) in [6.07, 6.45) is 4.88. The van der Waals surface area contributed by atoms with Crippen molar-refractivity contribution in [3.8, 4) is 0 Å². The molecule has 0 aliphatic heterocycles. The van der Waals surface area contributed by atoms with Crippen molar-refractivity contribution in [3.63, 3.8) is 0 Å². The molecule has 64 valence electrons. The second kappa shape index (κ2) is 3.96. The van der Waals surface area contributed by atoms with E-state index in [0.29, 0.717) is 11.3 Å². The molecule has 0 bridgehead atoms. The van der Waals surface area contributed by atoms with Crippen LogP contribution in [0, 0.1) is 0 Å². The summed E-state index contributed by atoms with van der Waals surface area (Å²) < 4.78 is 0. The number of aromatic amines is 1. The molecule has 1 heterocycles. The number of rotatable bonds is 3. The first-order chi connectivity index (χ1) is 5.75. The van der Waals surface area contributed by atoms with E-state index in [-0.39, 0.29) is 5.69 Å². The highest BCUT2D eigenvalue weighted by Crippen LogP contribution is 2.06. The number of hydrogen-bond acceptors (Lipinski definition) is 3. The molecule has 0 amide bonds. The fourth-order valence-electron chi connectivity index (χ4n) is 0.773. The monoisotopic (exact) mass is 184 g/mol. The van der Waals surface area contributed by atoms with Gasteiger partial charge in [-0.3, -0.25) is 5.10 Å². The predicted molar refractivity (Wildman–Crippen MR) is 48.4 cm³/mol. The number of aromatic nitrogens is 2. The maximum atomic E-state index is 10.5. The van der Waals surface area contributed by atoms with Crippen LogP contribution in [0.4, 0.5) is 0 Å². The Hall–Kier alpha value is -1.23. The molecular formula is C7H8N2O2S. The first-order valence-corrected chi connectivity index (χ1v) is 3.93. The lowest BCUT2D eigenvalue weighted by Crippen LogP contribution is -1.98. The second-order valence-corrected chi connectivity index (χ2v) is 2.46. The van der Waals surface area contributed by atoms with Crippen LogP contribution in [-0.4, -0.2) is 27.0 Å². The molecule has 0 radical (unpaired) electrons. The van der Waals surface area contributed by atoms with Crippen LogP contribution in [0.1, 0.15) is 16.1 Å². The number of nitrogens with one attached hydrogen (secondary N) is 1. The Morgan fingerprint density at radius 3 is 3.17 bits per heavy atom. The lowest BCUT2D eigenvalue weighted by Gasteiger charge is -1.89. The molecule has 12 heavy (non-hydrogen) atoms. The molecule has 4 nitrogen and oxygen atoms in total. The topological polar surface area (TPSA) is 66.0 Å². The summed E-state index contributed by atoms with van der Waals surface area (Å²) in [5.74, 6) is -0.434. The van der Waals surface area contributed by atoms with Gasteiger partial charge < -0.3 is 5.11 Å². The average molecular weight is 184 g/mol. The van der Waals surface area contributed by atoms with Gasteiger partial charge in [-0.1, -0.05) is 12.2 Å². The number of carbonyl (C=O) groups is 1. The fraction of sp³-hybridized carbons (Fsp3) is 0.143. The zero-order valence-electron chi connectivity index (χ0n) is 6.19. The Kier molecular flexibility index (Phi) is 2.93. The fourth-order valence-corrected chi connectivity index (χ4v) is 0.878. The second-order valence-electron chi connectivity index (χ2n) is 2.09. The van der Waals surface area contributed by atoms with Crippen molar-refractivity contribution in [3.05, 3.63) is 23.5 Å². The van der Waals surface area contributed by atoms with Crippen LogP contribution in [0.25, 0.3) is 6.08 Å². The molecule has 1 aromatic rings. The highest BCUT2D eigenvalue weighted by Gasteiger charge is 2.08. The summed E-state index contributed by atoms with van der Waals surface area (Å²) in [7, 11) is 0. The normalized spacial score (nSPS) is 10.8. The van der Waals surface area contributed by atoms with E-state index in [2.05, 4.69) is 22.8 Å². The van der Waals surface area contributed by atoms with Crippen molar-refractivity contribution >= 4 is 24.7 Å². The van der Waals surface area contributed by atoms with Gasteiger partial charge in [0.25, 0.3) is 0 Å². The number of aromatic carboxylic acids is 1. The Morgan fingerprint density at radius 1 is 1.83 bits per heavy atom. The molecule has 1 rings (SSSR count). The van der Waals surface area contributed by atoms with E-state index in [1.165, 1.54) is 6.20 Å². The van der Waals surface area contributed by atoms with E-state index in [1.807, 2.05) is 0 Å². The number of carboxylic acid groups (broad SMARTS) is 1. The number of hydrogen-bond donors (Lipinski definition) is 3. The molecule has 5 heteroatoms. The van der Waals surface area contributed by atoms with Crippen LogP contribution in [-0.2, 0) is 0 Å².